The second-order valence-corrected chi connectivity index (χ2v) is 8.69. The summed E-state index contributed by atoms with van der Waals surface area (Å²) >= 11 is 3.71. The van der Waals surface area contributed by atoms with Gasteiger partial charge >= 0.3 is 5.97 Å². The Morgan fingerprint density at radius 3 is 2.86 bits per heavy atom. The molecule has 1 aromatic rings. The lowest BCUT2D eigenvalue weighted by Gasteiger charge is -2.49. The molecule has 1 fully saturated rings. The molecule has 2 atom stereocenters. The van der Waals surface area contributed by atoms with E-state index in [4.69, 9.17) is 15.3 Å². The highest BCUT2D eigenvalue weighted by atomic mass is 32.2. The van der Waals surface area contributed by atoms with Crippen molar-refractivity contribution >= 4 is 63.5 Å². The fourth-order valence-corrected chi connectivity index (χ4v) is 5.60. The average Bonchev–Trinajstić information content (AvgIpc) is 3.13. The van der Waals surface area contributed by atoms with Crippen LogP contribution in [0.1, 0.15) is 5.69 Å². The summed E-state index contributed by atoms with van der Waals surface area (Å²) in [6, 6.07) is -0.895. The Morgan fingerprint density at radius 1 is 1.52 bits per heavy atom. The molecule has 0 saturated carbocycles. The number of aromatic nitrogens is 1. The van der Waals surface area contributed by atoms with Crippen LogP contribution in [-0.2, 0) is 24.0 Å². The molecule has 29 heavy (non-hydrogen) atoms. The van der Waals surface area contributed by atoms with E-state index in [1.165, 1.54) is 42.6 Å². The minimum absolute atomic E-state index is 0.0793. The molecule has 4 N–H and O–H groups in total. The van der Waals surface area contributed by atoms with Gasteiger partial charge in [0.15, 0.2) is 10.8 Å². The number of nitrogens with zero attached hydrogens (tertiary/aromatic N) is 3. The number of rotatable bonds is 8. The number of amides is 2. The van der Waals surface area contributed by atoms with Gasteiger partial charge in [0.25, 0.3) is 11.8 Å². The van der Waals surface area contributed by atoms with Crippen LogP contribution in [0.2, 0.25) is 0 Å². The van der Waals surface area contributed by atoms with Crippen LogP contribution in [0, 0.1) is 0 Å². The van der Waals surface area contributed by atoms with Crippen LogP contribution in [-0.4, -0.2) is 75.8 Å². The maximum atomic E-state index is 12.7. The summed E-state index contributed by atoms with van der Waals surface area (Å²) in [5.74, 6) is -1.73. The lowest BCUT2D eigenvalue weighted by atomic mass is 10.0. The van der Waals surface area contributed by atoms with Crippen LogP contribution in [0.3, 0.4) is 0 Å². The summed E-state index contributed by atoms with van der Waals surface area (Å²) in [6.07, 6.45) is 0. The highest BCUT2D eigenvalue weighted by Crippen LogP contribution is 2.43. The van der Waals surface area contributed by atoms with Gasteiger partial charge in [-0.15, -0.1) is 23.1 Å². The zero-order valence-corrected chi connectivity index (χ0v) is 17.7. The van der Waals surface area contributed by atoms with Gasteiger partial charge in [0.1, 0.15) is 29.9 Å². The quantitative estimate of drug-likeness (QED) is 0.211. The molecule has 1 saturated heterocycles. The number of aliphatic carboxylic acids is 1. The fraction of sp³-hybridized carbons (Fsp3) is 0.400. The van der Waals surface area contributed by atoms with E-state index in [2.05, 4.69) is 15.5 Å². The fourth-order valence-electron chi connectivity index (χ4n) is 2.73. The third-order valence-electron chi connectivity index (χ3n) is 3.94. The SMILES string of the molecule is COCSC1=C(C(=O)O)N2C(=O)[C@@H](NC(=O)C(=NOC)c3csc(N)n3)[C@H]2SC1. The molecule has 2 aliphatic rings. The standard InChI is InChI=1S/C15H17N5O6S3/c1-25-5-29-7-4-27-13-9(12(22)20(13)10(7)14(23)24)18-11(21)8(19-26-2)6-3-28-15(16)17-6/h3,9,13H,4-5H2,1-2H3,(H2,16,17)(H,18,21)(H,23,24)/t9-,13-/m1/s1. The number of nitrogens with two attached hydrogens (primary N) is 1. The first-order chi connectivity index (χ1) is 13.9. The molecule has 0 spiro atoms. The number of ether oxygens (including phenoxy) is 1. The number of carboxylic acid groups (broad SMARTS) is 1. The topological polar surface area (TPSA) is 156 Å². The van der Waals surface area contributed by atoms with Gasteiger partial charge in [0, 0.05) is 23.1 Å². The van der Waals surface area contributed by atoms with Gasteiger partial charge in [-0.25, -0.2) is 9.78 Å². The Hall–Kier alpha value is -2.29. The van der Waals surface area contributed by atoms with Crippen LogP contribution < -0.4 is 11.1 Å². The van der Waals surface area contributed by atoms with Gasteiger partial charge in [0.2, 0.25) is 0 Å². The summed E-state index contributed by atoms with van der Waals surface area (Å²) in [4.78, 5) is 47.5. The second kappa shape index (κ2) is 9.02. The highest BCUT2D eigenvalue weighted by molar-refractivity contribution is 8.06. The minimum Gasteiger partial charge on any atom is -0.477 e. The Bertz CT molecular complexity index is 901. The molecule has 14 heteroatoms. The normalized spacial score (nSPS) is 21.5. The molecule has 3 heterocycles. The first-order valence-electron chi connectivity index (χ1n) is 8.05. The number of thioether (sulfide) groups is 2. The maximum absolute atomic E-state index is 12.7. The zero-order chi connectivity index (χ0) is 21.1. The summed E-state index contributed by atoms with van der Waals surface area (Å²) in [5, 5.41) is 17.1. The van der Waals surface area contributed by atoms with E-state index >= 15 is 0 Å². The van der Waals surface area contributed by atoms with Gasteiger partial charge in [0.05, 0.1) is 5.94 Å². The van der Waals surface area contributed by atoms with Crippen molar-refractivity contribution in [3.05, 3.63) is 21.7 Å². The first-order valence-corrected chi connectivity index (χ1v) is 11.0. The van der Waals surface area contributed by atoms with E-state index in [9.17, 15) is 19.5 Å². The monoisotopic (exact) mass is 459 g/mol. The van der Waals surface area contributed by atoms with Crippen LogP contribution in [0.4, 0.5) is 5.13 Å². The zero-order valence-electron chi connectivity index (χ0n) is 15.3. The van der Waals surface area contributed by atoms with Crippen molar-refractivity contribution < 1.29 is 29.1 Å². The van der Waals surface area contributed by atoms with Crippen LogP contribution in [0.15, 0.2) is 21.1 Å². The Morgan fingerprint density at radius 2 is 2.28 bits per heavy atom. The number of fused-ring (bicyclic) bond motifs is 1. The van der Waals surface area contributed by atoms with Crippen molar-refractivity contribution in [1.29, 1.82) is 0 Å². The van der Waals surface area contributed by atoms with E-state index in [0.29, 0.717) is 10.7 Å². The number of nitrogens with one attached hydrogen (secondary N) is 1. The predicted molar refractivity (Wildman–Crippen MR) is 109 cm³/mol. The van der Waals surface area contributed by atoms with E-state index in [1.807, 2.05) is 0 Å². The molecule has 11 nitrogen and oxygen atoms in total. The number of methoxy groups -OCH3 is 1. The number of carbonyl (C=O) groups is 3. The average molecular weight is 460 g/mol. The molecule has 0 unspecified atom stereocenters. The molecule has 0 bridgehead atoms. The molecular formula is C15H17N5O6S3. The number of hydrogen-bond donors (Lipinski definition) is 3. The number of carbonyl (C=O) groups excluding carboxylic acids is 2. The Balaban J connectivity index is 1.77. The molecule has 0 radical (unpaired) electrons. The number of carboxylic acids is 1. The van der Waals surface area contributed by atoms with E-state index in [1.54, 1.807) is 5.38 Å². The number of β-lactam (4-membered cyclic amide) rings is 1. The molecule has 0 aliphatic carbocycles. The van der Waals surface area contributed by atoms with Crippen molar-refractivity contribution in [1.82, 2.24) is 15.2 Å². The van der Waals surface area contributed by atoms with Crippen LogP contribution in [0.5, 0.6) is 0 Å². The molecule has 0 aromatic carbocycles. The van der Waals surface area contributed by atoms with Crippen molar-refractivity contribution in [2.45, 2.75) is 11.4 Å². The number of hydrogen-bond acceptors (Lipinski definition) is 11. The van der Waals surface area contributed by atoms with E-state index < -0.39 is 29.2 Å². The lowest BCUT2D eigenvalue weighted by molar-refractivity contribution is -0.150. The summed E-state index contributed by atoms with van der Waals surface area (Å²) < 4.78 is 4.97. The largest absolute Gasteiger partial charge is 0.477 e. The van der Waals surface area contributed by atoms with Gasteiger partial charge in [-0.3, -0.25) is 14.5 Å². The van der Waals surface area contributed by atoms with Gasteiger partial charge in [-0.2, -0.15) is 0 Å². The van der Waals surface area contributed by atoms with Crippen LogP contribution in [0.25, 0.3) is 0 Å². The third-order valence-corrected chi connectivity index (χ3v) is 7.11. The second-order valence-electron chi connectivity index (χ2n) is 5.68. The van der Waals surface area contributed by atoms with Crippen molar-refractivity contribution in [3.63, 3.8) is 0 Å². The first kappa shape index (κ1) is 21.4. The lowest BCUT2D eigenvalue weighted by Crippen LogP contribution is -2.71. The minimum atomic E-state index is -1.20. The van der Waals surface area contributed by atoms with E-state index in [-0.39, 0.29) is 28.2 Å². The van der Waals surface area contributed by atoms with E-state index in [0.717, 1.165) is 11.3 Å². The van der Waals surface area contributed by atoms with Crippen molar-refractivity contribution in [2.24, 2.45) is 5.16 Å². The van der Waals surface area contributed by atoms with Gasteiger partial charge in [-0.1, -0.05) is 16.9 Å². The van der Waals surface area contributed by atoms with Crippen molar-refractivity contribution in [2.75, 3.05) is 31.6 Å². The maximum Gasteiger partial charge on any atom is 0.353 e. The third kappa shape index (κ3) is 4.19. The molecule has 156 valence electrons. The highest BCUT2D eigenvalue weighted by Gasteiger charge is 2.54. The predicted octanol–water partition coefficient (Wildman–Crippen LogP) is 0.109. The Kier molecular flexibility index (Phi) is 6.66. The molecule has 2 aliphatic heterocycles. The number of nitrogen functional groups attached to an aromatic ring is 1. The van der Waals surface area contributed by atoms with Gasteiger partial charge in [-0.05, 0) is 0 Å². The molecule has 3 rings (SSSR count). The Labute approximate surface area is 177 Å². The molecule has 2 amide bonds. The van der Waals surface area contributed by atoms with Crippen molar-refractivity contribution in [3.8, 4) is 0 Å². The smallest absolute Gasteiger partial charge is 0.353 e. The molecular weight excluding hydrogens is 442 g/mol. The number of oxime groups is 1. The molecule has 1 aromatic heterocycles. The number of thiazole rings is 1. The number of anilines is 1. The summed E-state index contributed by atoms with van der Waals surface area (Å²) in [6.45, 7) is 0. The van der Waals surface area contributed by atoms with Crippen LogP contribution >= 0.6 is 34.9 Å². The van der Waals surface area contributed by atoms with Gasteiger partial charge < -0.3 is 25.7 Å². The summed E-state index contributed by atoms with van der Waals surface area (Å²) in [5.41, 5.74) is 5.61. The summed E-state index contributed by atoms with van der Waals surface area (Å²) in [7, 11) is 2.78.